The Morgan fingerprint density at radius 2 is 1.94 bits per heavy atom. The molecule has 0 aliphatic heterocycles. The van der Waals surface area contributed by atoms with Crippen molar-refractivity contribution in [1.29, 1.82) is 0 Å². The van der Waals surface area contributed by atoms with E-state index in [1.54, 1.807) is 18.2 Å². The van der Waals surface area contributed by atoms with Crippen molar-refractivity contribution < 1.29 is 9.94 Å². The number of nitrogens with zero attached hydrogens (tertiary/aromatic N) is 1. The molecular formula is C14H12ClNO2. The van der Waals surface area contributed by atoms with E-state index < -0.39 is 0 Å². The minimum Gasteiger partial charge on any atom is -0.489 e. The first-order valence-corrected chi connectivity index (χ1v) is 5.81. The Labute approximate surface area is 110 Å². The molecule has 0 spiro atoms. The molecule has 0 atom stereocenters. The van der Waals surface area contributed by atoms with Gasteiger partial charge >= 0.3 is 0 Å². The minimum atomic E-state index is 0.485. The summed E-state index contributed by atoms with van der Waals surface area (Å²) in [5.74, 6) is 0.680. The highest BCUT2D eigenvalue weighted by atomic mass is 35.5. The lowest BCUT2D eigenvalue weighted by molar-refractivity contribution is 0.306. The molecule has 0 aliphatic carbocycles. The largest absolute Gasteiger partial charge is 0.489 e. The van der Waals surface area contributed by atoms with Crippen molar-refractivity contribution in [2.24, 2.45) is 5.16 Å². The van der Waals surface area contributed by atoms with Crippen LogP contribution in [0.3, 0.4) is 0 Å². The third-order valence-electron chi connectivity index (χ3n) is 2.42. The number of rotatable bonds is 4. The lowest BCUT2D eigenvalue weighted by atomic mass is 10.2. The van der Waals surface area contributed by atoms with Crippen LogP contribution in [0.1, 0.15) is 11.1 Å². The van der Waals surface area contributed by atoms with E-state index in [1.807, 2.05) is 30.3 Å². The third-order valence-corrected chi connectivity index (χ3v) is 2.74. The highest BCUT2D eigenvalue weighted by Crippen LogP contribution is 2.22. The van der Waals surface area contributed by atoms with Crippen LogP contribution in [0.2, 0.25) is 5.02 Å². The summed E-state index contributed by atoms with van der Waals surface area (Å²) in [6.45, 7) is 0.491. The number of benzene rings is 2. The Kier molecular flexibility index (Phi) is 4.20. The molecule has 0 radical (unpaired) electrons. The normalized spacial score (nSPS) is 10.7. The van der Waals surface area contributed by atoms with Crippen LogP contribution in [0.25, 0.3) is 0 Å². The van der Waals surface area contributed by atoms with E-state index in [0.717, 1.165) is 5.56 Å². The molecule has 18 heavy (non-hydrogen) atoms. The van der Waals surface area contributed by atoms with Gasteiger partial charge in [-0.15, -0.1) is 0 Å². The third kappa shape index (κ3) is 3.25. The quantitative estimate of drug-likeness (QED) is 0.518. The molecule has 0 aromatic heterocycles. The Morgan fingerprint density at radius 3 is 2.61 bits per heavy atom. The maximum absolute atomic E-state index is 8.45. The van der Waals surface area contributed by atoms with E-state index >= 15 is 0 Å². The molecule has 0 unspecified atom stereocenters. The lowest BCUT2D eigenvalue weighted by Crippen LogP contribution is -1.95. The number of oxime groups is 1. The van der Waals surface area contributed by atoms with Crippen LogP contribution in [0, 0.1) is 0 Å². The first-order chi connectivity index (χ1) is 8.79. The van der Waals surface area contributed by atoms with Gasteiger partial charge in [0.25, 0.3) is 0 Å². The zero-order valence-corrected chi connectivity index (χ0v) is 10.3. The molecule has 0 amide bonds. The van der Waals surface area contributed by atoms with Gasteiger partial charge in [0.2, 0.25) is 0 Å². The number of hydrogen-bond acceptors (Lipinski definition) is 3. The zero-order chi connectivity index (χ0) is 12.8. The van der Waals surface area contributed by atoms with E-state index in [9.17, 15) is 0 Å². The van der Waals surface area contributed by atoms with Crippen LogP contribution in [0.5, 0.6) is 5.75 Å². The monoisotopic (exact) mass is 261 g/mol. The van der Waals surface area contributed by atoms with Gasteiger partial charge in [0.05, 0.1) is 11.2 Å². The molecule has 0 heterocycles. The minimum absolute atomic E-state index is 0.485. The summed E-state index contributed by atoms with van der Waals surface area (Å²) in [4.78, 5) is 0. The standard InChI is InChI=1S/C14H12ClNO2/c15-14-8-13(7-6-12(14)9-16-17)18-10-11-4-2-1-3-5-11/h1-9,17H,10H2/b16-9-. The molecule has 1 N–H and O–H groups in total. The van der Waals surface area contributed by atoms with Crippen LogP contribution in [-0.2, 0) is 6.61 Å². The molecule has 2 aromatic carbocycles. The van der Waals surface area contributed by atoms with Gasteiger partial charge < -0.3 is 9.94 Å². The summed E-state index contributed by atoms with van der Waals surface area (Å²) in [6, 6.07) is 15.1. The molecule has 2 aromatic rings. The molecular weight excluding hydrogens is 250 g/mol. The van der Waals surface area contributed by atoms with Crippen LogP contribution < -0.4 is 4.74 Å². The average Bonchev–Trinajstić information content (AvgIpc) is 2.41. The number of hydrogen-bond donors (Lipinski definition) is 1. The Bertz CT molecular complexity index is 541. The lowest BCUT2D eigenvalue weighted by Gasteiger charge is -2.07. The maximum Gasteiger partial charge on any atom is 0.121 e. The van der Waals surface area contributed by atoms with Crippen molar-refractivity contribution in [3.63, 3.8) is 0 Å². The van der Waals surface area contributed by atoms with Gasteiger partial charge in [-0.05, 0) is 23.8 Å². The fourth-order valence-electron chi connectivity index (χ4n) is 1.51. The highest BCUT2D eigenvalue weighted by Gasteiger charge is 2.01. The van der Waals surface area contributed by atoms with Gasteiger partial charge in [-0.1, -0.05) is 47.1 Å². The fourth-order valence-corrected chi connectivity index (χ4v) is 1.72. The van der Waals surface area contributed by atoms with Gasteiger partial charge in [0, 0.05) is 5.56 Å². The topological polar surface area (TPSA) is 41.8 Å². The van der Waals surface area contributed by atoms with Crippen molar-refractivity contribution in [3.8, 4) is 5.75 Å². The van der Waals surface area contributed by atoms with Crippen LogP contribution >= 0.6 is 11.6 Å². The average molecular weight is 262 g/mol. The van der Waals surface area contributed by atoms with Crippen molar-refractivity contribution in [2.45, 2.75) is 6.61 Å². The predicted molar refractivity (Wildman–Crippen MR) is 71.6 cm³/mol. The van der Waals surface area contributed by atoms with E-state index in [1.165, 1.54) is 6.21 Å². The van der Waals surface area contributed by atoms with Gasteiger partial charge in [-0.25, -0.2) is 0 Å². The molecule has 3 nitrogen and oxygen atoms in total. The van der Waals surface area contributed by atoms with E-state index in [2.05, 4.69) is 5.16 Å². The van der Waals surface area contributed by atoms with Gasteiger partial charge in [0.1, 0.15) is 12.4 Å². The van der Waals surface area contributed by atoms with Crippen LogP contribution in [0.4, 0.5) is 0 Å². The molecule has 2 rings (SSSR count). The molecule has 0 saturated heterocycles. The van der Waals surface area contributed by atoms with E-state index in [0.29, 0.717) is 22.9 Å². The fraction of sp³-hybridized carbons (Fsp3) is 0.0714. The van der Waals surface area contributed by atoms with Crippen molar-refractivity contribution in [2.75, 3.05) is 0 Å². The SMILES string of the molecule is O/N=C\c1ccc(OCc2ccccc2)cc1Cl. The molecule has 0 aliphatic rings. The summed E-state index contributed by atoms with van der Waals surface area (Å²) in [6.07, 6.45) is 1.28. The molecule has 4 heteroatoms. The summed E-state index contributed by atoms with van der Waals surface area (Å²) < 4.78 is 5.61. The Balaban J connectivity index is 2.04. The summed E-state index contributed by atoms with van der Waals surface area (Å²) in [7, 11) is 0. The summed E-state index contributed by atoms with van der Waals surface area (Å²) >= 11 is 6.01. The van der Waals surface area contributed by atoms with Crippen molar-refractivity contribution in [1.82, 2.24) is 0 Å². The maximum atomic E-state index is 8.45. The zero-order valence-electron chi connectivity index (χ0n) is 9.58. The van der Waals surface area contributed by atoms with Crippen LogP contribution in [-0.4, -0.2) is 11.4 Å². The van der Waals surface area contributed by atoms with Gasteiger partial charge in [-0.3, -0.25) is 0 Å². The molecule has 92 valence electrons. The second-order valence-corrected chi connectivity index (χ2v) is 4.11. The van der Waals surface area contributed by atoms with E-state index in [-0.39, 0.29) is 0 Å². The summed E-state index contributed by atoms with van der Waals surface area (Å²) in [5, 5.41) is 11.9. The molecule has 0 bridgehead atoms. The second-order valence-electron chi connectivity index (χ2n) is 3.70. The number of ether oxygens (including phenoxy) is 1. The summed E-state index contributed by atoms with van der Waals surface area (Å²) in [5.41, 5.74) is 1.74. The molecule has 0 saturated carbocycles. The van der Waals surface area contributed by atoms with E-state index in [4.69, 9.17) is 21.5 Å². The molecule has 0 fully saturated rings. The number of halogens is 1. The first-order valence-electron chi connectivity index (χ1n) is 5.43. The Morgan fingerprint density at radius 1 is 1.17 bits per heavy atom. The van der Waals surface area contributed by atoms with Crippen molar-refractivity contribution >= 4 is 17.8 Å². The highest BCUT2D eigenvalue weighted by molar-refractivity contribution is 6.33. The van der Waals surface area contributed by atoms with Crippen molar-refractivity contribution in [3.05, 3.63) is 64.7 Å². The Hall–Kier alpha value is -2.00. The second kappa shape index (κ2) is 6.07. The van der Waals surface area contributed by atoms with Gasteiger partial charge in [-0.2, -0.15) is 0 Å². The van der Waals surface area contributed by atoms with Crippen LogP contribution in [0.15, 0.2) is 53.7 Å². The predicted octanol–water partition coefficient (Wildman–Crippen LogP) is 3.73. The smallest absolute Gasteiger partial charge is 0.121 e. The first kappa shape index (κ1) is 12.5. The van der Waals surface area contributed by atoms with Gasteiger partial charge in [0.15, 0.2) is 0 Å².